The molecule has 1 heterocycles. The van der Waals surface area contributed by atoms with Crippen molar-refractivity contribution in [1.29, 1.82) is 0 Å². The summed E-state index contributed by atoms with van der Waals surface area (Å²) in [6, 6.07) is 13.0. The first-order valence-electron chi connectivity index (χ1n) is 7.50. The fraction of sp³-hybridized carbons (Fsp3) is 0.278. The number of fused-ring (bicyclic) bond motifs is 1. The van der Waals surface area contributed by atoms with Crippen LogP contribution in [0.1, 0.15) is 16.7 Å². The lowest BCUT2D eigenvalue weighted by molar-refractivity contribution is -0.120. The first-order valence-corrected chi connectivity index (χ1v) is 7.50. The van der Waals surface area contributed by atoms with Crippen molar-refractivity contribution in [2.75, 3.05) is 13.2 Å². The van der Waals surface area contributed by atoms with Crippen LogP contribution in [-0.2, 0) is 24.1 Å². The van der Waals surface area contributed by atoms with E-state index in [0.717, 1.165) is 36.3 Å². The van der Waals surface area contributed by atoms with Crippen LogP contribution in [0.25, 0.3) is 0 Å². The van der Waals surface area contributed by atoms with E-state index >= 15 is 0 Å². The van der Waals surface area contributed by atoms with Crippen molar-refractivity contribution in [1.82, 2.24) is 5.32 Å². The summed E-state index contributed by atoms with van der Waals surface area (Å²) in [7, 11) is 0. The van der Waals surface area contributed by atoms with Gasteiger partial charge in [0, 0.05) is 13.0 Å². The highest BCUT2D eigenvalue weighted by Crippen LogP contribution is 2.26. The molecule has 0 aliphatic carbocycles. The number of benzene rings is 2. The summed E-state index contributed by atoms with van der Waals surface area (Å²) in [5, 5.41) is 12.1. The minimum absolute atomic E-state index is 0.0109. The molecule has 2 N–H and O–H groups in total. The monoisotopic (exact) mass is 297 g/mol. The molecule has 4 heteroatoms. The van der Waals surface area contributed by atoms with E-state index in [-0.39, 0.29) is 11.7 Å². The molecule has 2 aromatic carbocycles. The third-order valence-electron chi connectivity index (χ3n) is 3.80. The molecule has 1 aliphatic rings. The van der Waals surface area contributed by atoms with Crippen LogP contribution in [0.15, 0.2) is 42.5 Å². The van der Waals surface area contributed by atoms with Crippen LogP contribution in [0.5, 0.6) is 11.5 Å². The number of carbonyl (C=O) groups is 1. The molecular weight excluding hydrogens is 278 g/mol. The van der Waals surface area contributed by atoms with Gasteiger partial charge in [0.25, 0.3) is 0 Å². The number of ether oxygens (including phenoxy) is 1. The van der Waals surface area contributed by atoms with E-state index in [1.165, 1.54) is 5.56 Å². The number of nitrogens with one attached hydrogen (secondary N) is 1. The average molecular weight is 297 g/mol. The Balaban J connectivity index is 1.47. The van der Waals surface area contributed by atoms with Gasteiger partial charge in [-0.2, -0.15) is 0 Å². The summed E-state index contributed by atoms with van der Waals surface area (Å²) in [6.07, 6.45) is 2.07. The Labute approximate surface area is 129 Å². The van der Waals surface area contributed by atoms with Crippen molar-refractivity contribution in [3.63, 3.8) is 0 Å². The maximum Gasteiger partial charge on any atom is 0.224 e. The van der Waals surface area contributed by atoms with Gasteiger partial charge in [-0.05, 0) is 41.3 Å². The van der Waals surface area contributed by atoms with Crippen molar-refractivity contribution < 1.29 is 14.6 Å². The molecule has 0 fully saturated rings. The third kappa shape index (κ3) is 3.58. The molecule has 4 nitrogen and oxygen atoms in total. The molecular formula is C18H19NO3. The van der Waals surface area contributed by atoms with Crippen molar-refractivity contribution in [2.24, 2.45) is 0 Å². The number of rotatable bonds is 5. The highest BCUT2D eigenvalue weighted by molar-refractivity contribution is 5.78. The van der Waals surface area contributed by atoms with Crippen molar-refractivity contribution in [3.8, 4) is 11.5 Å². The highest BCUT2D eigenvalue weighted by atomic mass is 16.5. The number of amides is 1. The van der Waals surface area contributed by atoms with Gasteiger partial charge in [-0.3, -0.25) is 4.79 Å². The second-order valence-corrected chi connectivity index (χ2v) is 5.48. The van der Waals surface area contributed by atoms with Crippen LogP contribution >= 0.6 is 0 Å². The van der Waals surface area contributed by atoms with Gasteiger partial charge in [0.05, 0.1) is 13.0 Å². The molecule has 0 saturated heterocycles. The van der Waals surface area contributed by atoms with Gasteiger partial charge in [-0.15, -0.1) is 0 Å². The van der Waals surface area contributed by atoms with Crippen LogP contribution in [0, 0.1) is 0 Å². The Kier molecular flexibility index (Phi) is 4.28. The van der Waals surface area contributed by atoms with E-state index in [2.05, 4.69) is 5.32 Å². The largest absolute Gasteiger partial charge is 0.508 e. The minimum Gasteiger partial charge on any atom is -0.508 e. The lowest BCUT2D eigenvalue weighted by atomic mass is 10.1. The summed E-state index contributed by atoms with van der Waals surface area (Å²) in [5.74, 6) is 1.18. The van der Waals surface area contributed by atoms with Crippen LogP contribution in [0.3, 0.4) is 0 Å². The van der Waals surface area contributed by atoms with E-state index in [1.54, 1.807) is 12.1 Å². The summed E-state index contributed by atoms with van der Waals surface area (Å²) >= 11 is 0. The number of phenols is 1. The number of carbonyl (C=O) groups excluding carboxylic acids is 1. The van der Waals surface area contributed by atoms with Crippen LogP contribution < -0.4 is 10.1 Å². The van der Waals surface area contributed by atoms with Gasteiger partial charge in [0.1, 0.15) is 11.5 Å². The Morgan fingerprint density at radius 2 is 1.91 bits per heavy atom. The van der Waals surface area contributed by atoms with Crippen LogP contribution in [0.2, 0.25) is 0 Å². The predicted molar refractivity (Wildman–Crippen MR) is 84.2 cm³/mol. The molecule has 114 valence electrons. The number of hydrogen-bond acceptors (Lipinski definition) is 3. The van der Waals surface area contributed by atoms with E-state index in [4.69, 9.17) is 4.74 Å². The smallest absolute Gasteiger partial charge is 0.224 e. The maximum absolute atomic E-state index is 12.0. The van der Waals surface area contributed by atoms with E-state index in [1.807, 2.05) is 30.3 Å². The summed E-state index contributed by atoms with van der Waals surface area (Å²) in [5.41, 5.74) is 3.28. The zero-order chi connectivity index (χ0) is 15.4. The second kappa shape index (κ2) is 6.52. The number of phenolic OH excluding ortho intramolecular Hbond substituents is 1. The average Bonchev–Trinajstić information content (AvgIpc) is 2.97. The van der Waals surface area contributed by atoms with Crippen molar-refractivity contribution >= 4 is 5.91 Å². The third-order valence-corrected chi connectivity index (χ3v) is 3.80. The lowest BCUT2D eigenvalue weighted by Gasteiger charge is -2.07. The second-order valence-electron chi connectivity index (χ2n) is 5.48. The molecule has 0 atom stereocenters. The molecule has 0 radical (unpaired) electrons. The molecule has 0 saturated carbocycles. The molecule has 1 amide bonds. The summed E-state index contributed by atoms with van der Waals surface area (Å²) in [6.45, 7) is 1.32. The topological polar surface area (TPSA) is 58.6 Å². The molecule has 0 bridgehead atoms. The Hall–Kier alpha value is -2.49. The van der Waals surface area contributed by atoms with Crippen molar-refractivity contribution in [2.45, 2.75) is 19.3 Å². The van der Waals surface area contributed by atoms with E-state index in [0.29, 0.717) is 13.0 Å². The molecule has 3 rings (SSSR count). The fourth-order valence-corrected chi connectivity index (χ4v) is 2.58. The summed E-state index contributed by atoms with van der Waals surface area (Å²) in [4.78, 5) is 12.0. The van der Waals surface area contributed by atoms with Gasteiger partial charge in [0.15, 0.2) is 0 Å². The zero-order valence-electron chi connectivity index (χ0n) is 12.3. The highest BCUT2D eigenvalue weighted by Gasteiger charge is 2.13. The van der Waals surface area contributed by atoms with Gasteiger partial charge in [-0.25, -0.2) is 0 Å². The quantitative estimate of drug-likeness (QED) is 0.890. The zero-order valence-corrected chi connectivity index (χ0v) is 12.3. The molecule has 0 aromatic heterocycles. The van der Waals surface area contributed by atoms with Gasteiger partial charge >= 0.3 is 0 Å². The normalized spacial score (nSPS) is 12.5. The van der Waals surface area contributed by atoms with Crippen LogP contribution in [0.4, 0.5) is 0 Å². The van der Waals surface area contributed by atoms with Gasteiger partial charge in [0.2, 0.25) is 5.91 Å². The molecule has 0 unspecified atom stereocenters. The fourth-order valence-electron chi connectivity index (χ4n) is 2.58. The molecule has 2 aromatic rings. The van der Waals surface area contributed by atoms with Crippen molar-refractivity contribution in [3.05, 3.63) is 59.2 Å². The molecule has 22 heavy (non-hydrogen) atoms. The number of hydrogen-bond donors (Lipinski definition) is 2. The lowest BCUT2D eigenvalue weighted by Crippen LogP contribution is -2.27. The molecule has 0 spiro atoms. The Bertz CT molecular complexity index is 665. The first-order chi connectivity index (χ1) is 10.7. The van der Waals surface area contributed by atoms with Crippen LogP contribution in [-0.4, -0.2) is 24.2 Å². The first kappa shape index (κ1) is 14.4. The Morgan fingerprint density at radius 3 is 2.73 bits per heavy atom. The number of aromatic hydroxyl groups is 1. The Morgan fingerprint density at radius 1 is 1.14 bits per heavy atom. The van der Waals surface area contributed by atoms with E-state index < -0.39 is 0 Å². The summed E-state index contributed by atoms with van der Waals surface area (Å²) < 4.78 is 5.52. The SMILES string of the molecule is O=C(Cc1ccc2c(c1)OCC2)NCCc1ccc(O)cc1. The van der Waals surface area contributed by atoms with E-state index in [9.17, 15) is 9.90 Å². The van der Waals surface area contributed by atoms with Gasteiger partial charge in [-0.1, -0.05) is 24.3 Å². The maximum atomic E-state index is 12.0. The predicted octanol–water partition coefficient (Wildman–Crippen LogP) is 2.23. The minimum atomic E-state index is 0.0109. The standard InChI is InChI=1S/C18H19NO3/c20-16-5-2-13(3-6-16)7-9-19-18(21)12-14-1-4-15-8-10-22-17(15)11-14/h1-6,11,20H,7-10,12H2,(H,19,21). The van der Waals surface area contributed by atoms with Gasteiger partial charge < -0.3 is 15.2 Å². The molecule has 1 aliphatic heterocycles.